The van der Waals surface area contributed by atoms with Crippen molar-refractivity contribution in [1.82, 2.24) is 25.3 Å². The first-order valence-electron chi connectivity index (χ1n) is 9.27. The number of nitrogens with zero attached hydrogens (tertiary/aromatic N) is 4. The Morgan fingerprint density at radius 3 is 2.88 bits per heavy atom. The summed E-state index contributed by atoms with van der Waals surface area (Å²) >= 11 is 0. The molecule has 1 amide bonds. The van der Waals surface area contributed by atoms with Crippen molar-refractivity contribution in [3.8, 4) is 0 Å². The van der Waals surface area contributed by atoms with Gasteiger partial charge < -0.3 is 10.6 Å². The third-order valence-electron chi connectivity index (χ3n) is 5.11. The Morgan fingerprint density at radius 2 is 2.08 bits per heavy atom. The molecule has 7 nitrogen and oxygen atoms in total. The zero-order valence-electron chi connectivity index (χ0n) is 15.2. The molecule has 0 aliphatic heterocycles. The van der Waals surface area contributed by atoms with Crippen LogP contribution in [0.5, 0.6) is 0 Å². The van der Waals surface area contributed by atoms with Crippen LogP contribution in [0, 0.1) is 6.92 Å². The van der Waals surface area contributed by atoms with Gasteiger partial charge in [-0.3, -0.25) is 4.79 Å². The Hall–Kier alpha value is -2.57. The molecule has 2 N–H and O–H groups in total. The molecule has 7 heteroatoms. The Bertz CT molecular complexity index is 831. The second-order valence-corrected chi connectivity index (χ2v) is 7.26. The molecule has 1 fully saturated rings. The molecule has 0 atom stereocenters. The zero-order chi connectivity index (χ0) is 18.1. The summed E-state index contributed by atoms with van der Waals surface area (Å²) in [6.45, 7) is 4.03. The number of aryl methyl sites for hydroxylation is 3. The van der Waals surface area contributed by atoms with Gasteiger partial charge in [0.2, 0.25) is 5.91 Å². The molecule has 1 saturated carbocycles. The van der Waals surface area contributed by atoms with Gasteiger partial charge in [0, 0.05) is 42.5 Å². The highest BCUT2D eigenvalue weighted by molar-refractivity contribution is 5.73. The second-order valence-electron chi connectivity index (χ2n) is 7.26. The summed E-state index contributed by atoms with van der Waals surface area (Å²) in [4.78, 5) is 29.3. The first-order valence-corrected chi connectivity index (χ1v) is 9.27. The zero-order valence-corrected chi connectivity index (χ0v) is 15.2. The fourth-order valence-electron chi connectivity index (χ4n) is 3.76. The van der Waals surface area contributed by atoms with Crippen LogP contribution in [0.15, 0.2) is 12.3 Å². The molecule has 26 heavy (non-hydrogen) atoms. The van der Waals surface area contributed by atoms with Gasteiger partial charge in [-0.2, -0.15) is 0 Å². The van der Waals surface area contributed by atoms with Crippen molar-refractivity contribution < 1.29 is 4.79 Å². The first-order chi connectivity index (χ1) is 12.6. The lowest BCUT2D eigenvalue weighted by molar-refractivity contribution is -0.120. The SMILES string of the molecule is CC(=O)NC1CC(c2cc(NCc3ncc4c(n3)CCC4)nc(C)n2)C1. The van der Waals surface area contributed by atoms with Crippen LogP contribution < -0.4 is 10.6 Å². The number of aromatic nitrogens is 4. The monoisotopic (exact) mass is 352 g/mol. The van der Waals surface area contributed by atoms with E-state index in [9.17, 15) is 4.79 Å². The largest absolute Gasteiger partial charge is 0.363 e. The van der Waals surface area contributed by atoms with Gasteiger partial charge in [0.05, 0.1) is 6.54 Å². The number of amides is 1. The molecule has 2 aromatic rings. The molecule has 0 spiro atoms. The number of hydrogen-bond acceptors (Lipinski definition) is 6. The van der Waals surface area contributed by atoms with Crippen molar-refractivity contribution in [3.63, 3.8) is 0 Å². The molecule has 0 radical (unpaired) electrons. The van der Waals surface area contributed by atoms with E-state index in [1.165, 1.54) is 17.7 Å². The Kier molecular flexibility index (Phi) is 4.53. The number of fused-ring (bicyclic) bond motifs is 1. The smallest absolute Gasteiger partial charge is 0.217 e. The normalized spacial score (nSPS) is 21.0. The predicted molar refractivity (Wildman–Crippen MR) is 97.7 cm³/mol. The molecular weight excluding hydrogens is 328 g/mol. The standard InChI is InChI=1S/C19H24N6O/c1-11-22-17(14-6-15(7-14)24-12(2)26)8-18(23-11)21-10-19-20-9-13-4-3-5-16(13)25-19/h8-9,14-15H,3-7,10H2,1-2H3,(H,24,26)(H,21,22,23). The maximum Gasteiger partial charge on any atom is 0.217 e. The molecule has 2 aliphatic rings. The highest BCUT2D eigenvalue weighted by atomic mass is 16.1. The Morgan fingerprint density at radius 1 is 1.23 bits per heavy atom. The summed E-state index contributed by atoms with van der Waals surface area (Å²) < 4.78 is 0. The summed E-state index contributed by atoms with van der Waals surface area (Å²) in [6, 6.07) is 2.28. The quantitative estimate of drug-likeness (QED) is 0.856. The van der Waals surface area contributed by atoms with E-state index in [1.807, 2.05) is 19.2 Å². The average molecular weight is 352 g/mol. The lowest BCUT2D eigenvalue weighted by atomic mass is 9.78. The summed E-state index contributed by atoms with van der Waals surface area (Å²) in [5.74, 6) is 2.77. The maximum absolute atomic E-state index is 11.1. The number of nitrogens with one attached hydrogen (secondary N) is 2. The minimum atomic E-state index is 0.0315. The van der Waals surface area contributed by atoms with E-state index in [0.29, 0.717) is 12.5 Å². The van der Waals surface area contributed by atoms with Crippen LogP contribution in [0.4, 0.5) is 5.82 Å². The molecule has 0 bridgehead atoms. The van der Waals surface area contributed by atoms with Crippen LogP contribution >= 0.6 is 0 Å². The van der Waals surface area contributed by atoms with Gasteiger partial charge in [-0.1, -0.05) is 0 Å². The van der Waals surface area contributed by atoms with Crippen LogP contribution in [0.3, 0.4) is 0 Å². The lowest BCUT2D eigenvalue weighted by Crippen LogP contribution is -2.42. The molecule has 4 rings (SSSR count). The molecule has 2 heterocycles. The van der Waals surface area contributed by atoms with E-state index in [0.717, 1.165) is 48.8 Å². The molecule has 0 aromatic carbocycles. The van der Waals surface area contributed by atoms with E-state index in [2.05, 4.69) is 30.6 Å². The fourth-order valence-corrected chi connectivity index (χ4v) is 3.76. The van der Waals surface area contributed by atoms with E-state index in [4.69, 9.17) is 0 Å². The van der Waals surface area contributed by atoms with Crippen molar-refractivity contribution in [1.29, 1.82) is 0 Å². The van der Waals surface area contributed by atoms with Crippen LogP contribution in [0.25, 0.3) is 0 Å². The number of anilines is 1. The van der Waals surface area contributed by atoms with Crippen molar-refractivity contribution in [2.75, 3.05) is 5.32 Å². The van der Waals surface area contributed by atoms with Gasteiger partial charge in [0.15, 0.2) is 0 Å². The summed E-state index contributed by atoms with van der Waals surface area (Å²) in [6.07, 6.45) is 7.15. The van der Waals surface area contributed by atoms with E-state index in [1.54, 1.807) is 6.92 Å². The molecule has 136 valence electrons. The molecular formula is C19H24N6O. The number of rotatable bonds is 5. The Labute approximate surface area is 153 Å². The number of carbonyl (C=O) groups excluding carboxylic acids is 1. The van der Waals surface area contributed by atoms with Crippen LogP contribution in [0.2, 0.25) is 0 Å². The second kappa shape index (κ2) is 6.97. The van der Waals surface area contributed by atoms with Gasteiger partial charge in [0.25, 0.3) is 0 Å². The van der Waals surface area contributed by atoms with E-state index in [-0.39, 0.29) is 11.9 Å². The van der Waals surface area contributed by atoms with Crippen LogP contribution in [-0.2, 0) is 24.2 Å². The molecule has 0 unspecified atom stereocenters. The van der Waals surface area contributed by atoms with Gasteiger partial charge in [-0.05, 0) is 44.6 Å². The van der Waals surface area contributed by atoms with Crippen molar-refractivity contribution in [2.45, 2.75) is 64.5 Å². The highest BCUT2D eigenvalue weighted by Gasteiger charge is 2.32. The summed E-state index contributed by atoms with van der Waals surface area (Å²) in [5.41, 5.74) is 3.51. The van der Waals surface area contributed by atoms with Gasteiger partial charge >= 0.3 is 0 Å². The Balaban J connectivity index is 1.40. The third kappa shape index (κ3) is 3.66. The van der Waals surface area contributed by atoms with Gasteiger partial charge in [0.1, 0.15) is 17.5 Å². The first kappa shape index (κ1) is 16.9. The minimum absolute atomic E-state index is 0.0315. The highest BCUT2D eigenvalue weighted by Crippen LogP contribution is 2.36. The fraction of sp³-hybridized carbons (Fsp3) is 0.526. The van der Waals surface area contributed by atoms with E-state index < -0.39 is 0 Å². The number of carbonyl (C=O) groups is 1. The van der Waals surface area contributed by atoms with Crippen molar-refractivity contribution in [3.05, 3.63) is 40.9 Å². The summed E-state index contributed by atoms with van der Waals surface area (Å²) in [7, 11) is 0. The van der Waals surface area contributed by atoms with Crippen LogP contribution in [-0.4, -0.2) is 31.9 Å². The summed E-state index contributed by atoms with van der Waals surface area (Å²) in [5, 5.41) is 6.29. The maximum atomic E-state index is 11.1. The molecule has 2 aromatic heterocycles. The minimum Gasteiger partial charge on any atom is -0.363 e. The molecule has 2 aliphatic carbocycles. The topological polar surface area (TPSA) is 92.7 Å². The third-order valence-corrected chi connectivity index (χ3v) is 5.11. The van der Waals surface area contributed by atoms with Gasteiger partial charge in [-0.25, -0.2) is 19.9 Å². The number of hydrogen-bond donors (Lipinski definition) is 2. The van der Waals surface area contributed by atoms with Crippen molar-refractivity contribution >= 4 is 11.7 Å². The average Bonchev–Trinajstić information content (AvgIpc) is 3.03. The lowest BCUT2D eigenvalue weighted by Gasteiger charge is -2.35. The predicted octanol–water partition coefficient (Wildman–Crippen LogP) is 2.06. The van der Waals surface area contributed by atoms with Crippen LogP contribution in [0.1, 0.15) is 60.7 Å². The van der Waals surface area contributed by atoms with E-state index >= 15 is 0 Å². The van der Waals surface area contributed by atoms with Gasteiger partial charge in [-0.15, -0.1) is 0 Å². The molecule has 0 saturated heterocycles. The van der Waals surface area contributed by atoms with Crippen molar-refractivity contribution in [2.24, 2.45) is 0 Å².